The highest BCUT2D eigenvalue weighted by atomic mass is 32.1. The summed E-state index contributed by atoms with van der Waals surface area (Å²) in [5.74, 6) is 1.39. The quantitative estimate of drug-likeness (QED) is 0.478. The number of hydrogen-bond donors (Lipinski definition) is 1. The highest BCUT2D eigenvalue weighted by Crippen LogP contribution is 2.44. The van der Waals surface area contributed by atoms with Gasteiger partial charge in [-0.1, -0.05) is 26.8 Å². The Balaban J connectivity index is 1.72. The van der Waals surface area contributed by atoms with Crippen LogP contribution in [0, 0.1) is 21.4 Å². The van der Waals surface area contributed by atoms with Crippen molar-refractivity contribution in [2.45, 2.75) is 40.0 Å². The Morgan fingerprint density at radius 2 is 2.11 bits per heavy atom. The number of aryl methyl sites for hydroxylation is 1. The van der Waals surface area contributed by atoms with E-state index in [2.05, 4.69) is 36.1 Å². The number of nitro groups is 1. The van der Waals surface area contributed by atoms with Crippen LogP contribution < -0.4 is 5.32 Å². The average Bonchev–Trinajstić information content (AvgIpc) is 3.00. The third-order valence-corrected chi connectivity index (χ3v) is 6.55. The fraction of sp³-hybridized carbons (Fsp3) is 0.400. The average molecular weight is 382 g/mol. The van der Waals surface area contributed by atoms with Gasteiger partial charge in [0.25, 0.3) is 5.69 Å². The number of anilines is 2. The minimum atomic E-state index is -0.389. The summed E-state index contributed by atoms with van der Waals surface area (Å²) in [6.45, 7) is 6.93. The lowest BCUT2D eigenvalue weighted by Gasteiger charge is -2.33. The molecule has 27 heavy (non-hydrogen) atoms. The number of hydrogen-bond acceptors (Lipinski definition) is 6. The molecular weight excluding hydrogens is 360 g/mol. The molecule has 1 aromatic carbocycles. The van der Waals surface area contributed by atoms with Gasteiger partial charge in [0.2, 0.25) is 0 Å². The number of rotatable bonds is 3. The molecule has 6 nitrogen and oxygen atoms in total. The Labute approximate surface area is 161 Å². The van der Waals surface area contributed by atoms with Gasteiger partial charge < -0.3 is 5.32 Å². The molecule has 7 heteroatoms. The monoisotopic (exact) mass is 382 g/mol. The van der Waals surface area contributed by atoms with E-state index in [1.54, 1.807) is 23.7 Å². The number of nitrogens with one attached hydrogen (secondary N) is 1. The van der Waals surface area contributed by atoms with Crippen LogP contribution in [-0.2, 0) is 12.8 Å². The molecule has 0 amide bonds. The smallest absolute Gasteiger partial charge is 0.271 e. The SMILES string of the molecule is CC(C)(C)C1CCc2c(sc3ncnc(Nc4cccc([N+](=O)[O-])c4)c23)C1. The van der Waals surface area contributed by atoms with Crippen LogP contribution in [0.15, 0.2) is 30.6 Å². The molecule has 140 valence electrons. The minimum absolute atomic E-state index is 0.0608. The van der Waals surface area contributed by atoms with Crippen LogP contribution >= 0.6 is 11.3 Å². The second-order valence-corrected chi connectivity index (χ2v) is 9.23. The summed E-state index contributed by atoms with van der Waals surface area (Å²) < 4.78 is 0. The van der Waals surface area contributed by atoms with Crippen molar-refractivity contribution in [1.82, 2.24) is 9.97 Å². The molecule has 1 N–H and O–H groups in total. The summed E-state index contributed by atoms with van der Waals surface area (Å²) in [5.41, 5.74) is 2.35. The normalized spacial score (nSPS) is 16.9. The molecule has 0 bridgehead atoms. The summed E-state index contributed by atoms with van der Waals surface area (Å²) in [6, 6.07) is 6.51. The first-order chi connectivity index (χ1) is 12.8. The van der Waals surface area contributed by atoms with Crippen molar-refractivity contribution in [3.8, 4) is 0 Å². The molecule has 1 atom stereocenters. The maximum absolute atomic E-state index is 11.0. The standard InChI is InChI=1S/C20H22N4O2S/c1-20(2,3)12-7-8-15-16(9-12)27-19-17(15)18(21-11-22-19)23-13-5-4-6-14(10-13)24(25)26/h4-6,10-12H,7-9H2,1-3H3,(H,21,22,23). The van der Waals surface area contributed by atoms with E-state index in [1.165, 1.54) is 22.6 Å². The number of non-ortho nitro benzene ring substituents is 1. The van der Waals surface area contributed by atoms with Crippen LogP contribution in [0.25, 0.3) is 10.2 Å². The molecule has 1 aliphatic carbocycles. The largest absolute Gasteiger partial charge is 0.339 e. The first-order valence-electron chi connectivity index (χ1n) is 9.09. The van der Waals surface area contributed by atoms with E-state index in [9.17, 15) is 10.1 Å². The molecule has 0 spiro atoms. The molecule has 1 unspecified atom stereocenters. The van der Waals surface area contributed by atoms with Crippen molar-refractivity contribution in [3.63, 3.8) is 0 Å². The molecule has 4 rings (SSSR count). The third-order valence-electron chi connectivity index (χ3n) is 5.39. The van der Waals surface area contributed by atoms with E-state index in [-0.39, 0.29) is 10.6 Å². The Hall–Kier alpha value is -2.54. The van der Waals surface area contributed by atoms with Crippen molar-refractivity contribution < 1.29 is 4.92 Å². The van der Waals surface area contributed by atoms with Gasteiger partial charge in [0, 0.05) is 22.7 Å². The zero-order chi connectivity index (χ0) is 19.2. The molecular formula is C20H22N4O2S. The van der Waals surface area contributed by atoms with E-state index in [0.717, 1.165) is 35.3 Å². The van der Waals surface area contributed by atoms with E-state index in [0.29, 0.717) is 17.0 Å². The molecule has 2 aromatic heterocycles. The number of thiophene rings is 1. The number of nitro benzene ring substituents is 1. The van der Waals surface area contributed by atoms with Crippen LogP contribution in [0.3, 0.4) is 0 Å². The second-order valence-electron chi connectivity index (χ2n) is 8.14. The van der Waals surface area contributed by atoms with E-state index < -0.39 is 0 Å². The van der Waals surface area contributed by atoms with Crippen molar-refractivity contribution in [1.29, 1.82) is 0 Å². The predicted octanol–water partition coefficient (Wildman–Crippen LogP) is 5.49. The van der Waals surface area contributed by atoms with Crippen molar-refractivity contribution in [2.24, 2.45) is 11.3 Å². The molecule has 0 fully saturated rings. The van der Waals surface area contributed by atoms with Gasteiger partial charge in [0.15, 0.2) is 0 Å². The van der Waals surface area contributed by atoms with Crippen LogP contribution in [0.1, 0.15) is 37.6 Å². The van der Waals surface area contributed by atoms with Crippen LogP contribution in [0.2, 0.25) is 0 Å². The van der Waals surface area contributed by atoms with Crippen molar-refractivity contribution in [3.05, 3.63) is 51.1 Å². The summed E-state index contributed by atoms with van der Waals surface area (Å²) in [4.78, 5) is 22.0. The number of nitrogens with zero attached hydrogens (tertiary/aromatic N) is 3. The molecule has 0 saturated carbocycles. The molecule has 0 radical (unpaired) electrons. The molecule has 1 aliphatic rings. The summed E-state index contributed by atoms with van der Waals surface area (Å²) in [5, 5.41) is 15.4. The Kier molecular flexibility index (Phi) is 4.34. The van der Waals surface area contributed by atoms with Gasteiger partial charge in [-0.2, -0.15) is 0 Å². The van der Waals surface area contributed by atoms with Gasteiger partial charge in [-0.15, -0.1) is 11.3 Å². The third kappa shape index (κ3) is 3.39. The van der Waals surface area contributed by atoms with E-state index >= 15 is 0 Å². The summed E-state index contributed by atoms with van der Waals surface area (Å²) >= 11 is 1.75. The Morgan fingerprint density at radius 1 is 1.30 bits per heavy atom. The van der Waals surface area contributed by atoms with E-state index in [4.69, 9.17) is 0 Å². The van der Waals surface area contributed by atoms with Gasteiger partial charge in [-0.25, -0.2) is 9.97 Å². The maximum atomic E-state index is 11.0. The molecule has 0 saturated heterocycles. The molecule has 3 aromatic rings. The summed E-state index contributed by atoms with van der Waals surface area (Å²) in [7, 11) is 0. The van der Waals surface area contributed by atoms with Gasteiger partial charge >= 0.3 is 0 Å². The van der Waals surface area contributed by atoms with Gasteiger partial charge in [0.1, 0.15) is 17.0 Å². The zero-order valence-electron chi connectivity index (χ0n) is 15.7. The van der Waals surface area contributed by atoms with Gasteiger partial charge in [-0.05, 0) is 42.2 Å². The Bertz CT molecular complexity index is 1020. The minimum Gasteiger partial charge on any atom is -0.339 e. The van der Waals surface area contributed by atoms with Gasteiger partial charge in [-0.3, -0.25) is 10.1 Å². The maximum Gasteiger partial charge on any atom is 0.271 e. The number of fused-ring (bicyclic) bond motifs is 3. The highest BCUT2D eigenvalue weighted by molar-refractivity contribution is 7.19. The van der Waals surface area contributed by atoms with Crippen LogP contribution in [0.4, 0.5) is 17.2 Å². The molecule has 0 aliphatic heterocycles. The first-order valence-corrected chi connectivity index (χ1v) is 9.91. The molecule has 2 heterocycles. The van der Waals surface area contributed by atoms with Crippen LogP contribution in [0.5, 0.6) is 0 Å². The van der Waals surface area contributed by atoms with Crippen molar-refractivity contribution >= 4 is 38.7 Å². The fourth-order valence-corrected chi connectivity index (χ4v) is 5.05. The number of benzene rings is 1. The lowest BCUT2D eigenvalue weighted by molar-refractivity contribution is -0.384. The zero-order valence-corrected chi connectivity index (χ0v) is 16.5. The highest BCUT2D eigenvalue weighted by Gasteiger charge is 2.31. The second kappa shape index (κ2) is 6.56. The lowest BCUT2D eigenvalue weighted by Crippen LogP contribution is -2.26. The number of aromatic nitrogens is 2. The van der Waals surface area contributed by atoms with Crippen molar-refractivity contribution in [2.75, 3.05) is 5.32 Å². The topological polar surface area (TPSA) is 81.0 Å². The van der Waals surface area contributed by atoms with Crippen LogP contribution in [-0.4, -0.2) is 14.9 Å². The lowest BCUT2D eigenvalue weighted by atomic mass is 9.72. The Morgan fingerprint density at radius 3 is 2.85 bits per heavy atom. The van der Waals surface area contributed by atoms with E-state index in [1.807, 2.05) is 6.07 Å². The van der Waals surface area contributed by atoms with Gasteiger partial charge in [0.05, 0.1) is 10.3 Å². The first kappa shape index (κ1) is 17.9. The summed E-state index contributed by atoms with van der Waals surface area (Å²) in [6.07, 6.45) is 4.82. The predicted molar refractivity (Wildman–Crippen MR) is 109 cm³/mol. The fourth-order valence-electron chi connectivity index (χ4n) is 3.78.